The molecule has 39 heavy (non-hydrogen) atoms. The van der Waals surface area contributed by atoms with Crippen LogP contribution in [0, 0.1) is 5.92 Å². The Hall–Kier alpha value is -4.15. The molecule has 0 bridgehead atoms. The predicted molar refractivity (Wildman–Crippen MR) is 136 cm³/mol. The summed E-state index contributed by atoms with van der Waals surface area (Å²) in [5.41, 5.74) is 6.28. The molecule has 15 nitrogen and oxygen atoms in total. The number of β-amino-alcohol motifs (C(OH)–C–C–N with tert-alkyl or cyclic N) is 1. The highest BCUT2D eigenvalue weighted by atomic mass is 32.2. The Morgan fingerprint density at radius 1 is 1.23 bits per heavy atom. The van der Waals surface area contributed by atoms with Crippen LogP contribution in [-0.4, -0.2) is 76.0 Å². The third-order valence-corrected chi connectivity index (χ3v) is 7.60. The number of nitrogens with two attached hydrogens (primary N) is 1. The van der Waals surface area contributed by atoms with Crippen molar-refractivity contribution in [3.05, 3.63) is 35.9 Å². The van der Waals surface area contributed by atoms with E-state index >= 15 is 0 Å². The molecule has 3 aromatic rings. The highest BCUT2D eigenvalue weighted by molar-refractivity contribution is 7.88. The van der Waals surface area contributed by atoms with Crippen LogP contribution in [0.4, 0.5) is 17.2 Å². The monoisotopic (exact) mass is 558 g/mol. The van der Waals surface area contributed by atoms with Crippen molar-refractivity contribution in [1.82, 2.24) is 24.6 Å². The van der Waals surface area contributed by atoms with Gasteiger partial charge in [0, 0.05) is 24.9 Å². The number of sulfonamides is 1. The molecule has 16 heteroatoms. The first-order valence-corrected chi connectivity index (χ1v) is 13.8. The summed E-state index contributed by atoms with van der Waals surface area (Å²) in [7, 11) is -2.21. The second-order valence-corrected chi connectivity index (χ2v) is 11.3. The largest absolute Gasteiger partial charge is 0.494 e. The van der Waals surface area contributed by atoms with Gasteiger partial charge in [-0.15, -0.1) is 10.2 Å². The second kappa shape index (κ2) is 10.2. The van der Waals surface area contributed by atoms with Crippen molar-refractivity contribution in [2.24, 2.45) is 11.7 Å². The average Bonchev–Trinajstić information content (AvgIpc) is 3.48. The number of benzene rings is 1. The first kappa shape index (κ1) is 26.5. The average molecular weight is 559 g/mol. The molecule has 0 spiro atoms. The van der Waals surface area contributed by atoms with Gasteiger partial charge in [-0.2, -0.15) is 9.29 Å². The Labute approximate surface area is 222 Å². The standard InChI is InChI=1S/C23H26N8O7S/c1-37-19-13(21-27-23(38-30-21)16-8-12(32)10-31(16)39(2,35)36)4-3-5-14(19)25-15-9-17(26-22(34)11-6-7-11)28-29-18(15)20(24)33/h3-5,9,11-12,16,32H,6-8,10H2,1-2H3,(H2,24,33)(H2,25,26,28,34)/t12-,16-/m1/s1. The number of primary amides is 1. The maximum Gasteiger partial charge on any atom is 0.271 e. The molecule has 0 unspecified atom stereocenters. The summed E-state index contributed by atoms with van der Waals surface area (Å²) in [4.78, 5) is 28.6. The molecule has 3 heterocycles. The van der Waals surface area contributed by atoms with Crippen LogP contribution < -0.4 is 21.1 Å². The number of amides is 2. The lowest BCUT2D eigenvalue weighted by Gasteiger charge is -2.18. The van der Waals surface area contributed by atoms with Crippen molar-refractivity contribution in [3.63, 3.8) is 0 Å². The van der Waals surface area contributed by atoms with E-state index in [0.717, 1.165) is 23.4 Å². The molecule has 5 rings (SSSR count). The van der Waals surface area contributed by atoms with Gasteiger partial charge in [-0.1, -0.05) is 11.2 Å². The zero-order valence-electron chi connectivity index (χ0n) is 21.0. The van der Waals surface area contributed by atoms with E-state index in [1.54, 1.807) is 18.2 Å². The van der Waals surface area contributed by atoms with E-state index < -0.39 is 28.1 Å². The van der Waals surface area contributed by atoms with E-state index in [-0.39, 0.29) is 59.5 Å². The predicted octanol–water partition coefficient (Wildman–Crippen LogP) is 0.793. The number of carbonyl (C=O) groups excluding carboxylic acids is 2. The highest BCUT2D eigenvalue weighted by Crippen LogP contribution is 2.39. The maximum atomic E-state index is 12.2. The molecule has 1 aliphatic heterocycles. The number of nitrogens with one attached hydrogen (secondary N) is 2. The number of aliphatic hydroxyl groups excluding tert-OH is 1. The van der Waals surface area contributed by atoms with Gasteiger partial charge in [0.05, 0.1) is 36.4 Å². The Bertz CT molecular complexity index is 1540. The molecular weight excluding hydrogens is 532 g/mol. The van der Waals surface area contributed by atoms with E-state index in [0.29, 0.717) is 11.3 Å². The van der Waals surface area contributed by atoms with Gasteiger partial charge in [-0.05, 0) is 25.0 Å². The molecule has 5 N–H and O–H groups in total. The first-order chi connectivity index (χ1) is 18.5. The van der Waals surface area contributed by atoms with Gasteiger partial charge in [0.2, 0.25) is 27.6 Å². The Morgan fingerprint density at radius 2 is 2.00 bits per heavy atom. The van der Waals surface area contributed by atoms with Gasteiger partial charge in [0.15, 0.2) is 17.3 Å². The molecule has 1 aliphatic carbocycles. The first-order valence-electron chi connectivity index (χ1n) is 12.0. The third kappa shape index (κ3) is 5.52. The van der Waals surface area contributed by atoms with Crippen molar-refractivity contribution < 1.29 is 32.4 Å². The van der Waals surface area contributed by atoms with Crippen LogP contribution >= 0.6 is 0 Å². The molecule has 1 saturated heterocycles. The van der Waals surface area contributed by atoms with Crippen LogP contribution in [0.25, 0.3) is 11.4 Å². The lowest BCUT2D eigenvalue weighted by molar-refractivity contribution is -0.117. The molecule has 2 aliphatic rings. The normalized spacial score (nSPS) is 19.6. The Kier molecular flexibility index (Phi) is 6.92. The number of aliphatic hydroxyl groups is 1. The summed E-state index contributed by atoms with van der Waals surface area (Å²) in [5.74, 6) is -0.527. The number of nitrogens with zero attached hydrogens (tertiary/aromatic N) is 5. The number of ether oxygens (including phenoxy) is 1. The zero-order chi connectivity index (χ0) is 27.9. The molecule has 206 valence electrons. The molecule has 2 atom stereocenters. The fourth-order valence-electron chi connectivity index (χ4n) is 4.34. The Balaban J connectivity index is 1.46. The number of aromatic nitrogens is 4. The summed E-state index contributed by atoms with van der Waals surface area (Å²) >= 11 is 0. The number of rotatable bonds is 9. The van der Waals surface area contributed by atoms with E-state index in [1.807, 2.05) is 0 Å². The fraction of sp³-hybridized carbons (Fsp3) is 0.391. The van der Waals surface area contributed by atoms with Crippen LogP contribution in [0.5, 0.6) is 5.75 Å². The van der Waals surface area contributed by atoms with Crippen molar-refractivity contribution in [3.8, 4) is 17.1 Å². The van der Waals surface area contributed by atoms with Crippen LogP contribution in [-0.2, 0) is 14.8 Å². The lowest BCUT2D eigenvalue weighted by atomic mass is 10.1. The summed E-state index contributed by atoms with van der Waals surface area (Å²) in [6, 6.07) is 5.63. The van der Waals surface area contributed by atoms with E-state index in [1.165, 1.54) is 13.2 Å². The molecule has 2 aromatic heterocycles. The van der Waals surface area contributed by atoms with Crippen molar-refractivity contribution >= 4 is 39.0 Å². The van der Waals surface area contributed by atoms with Crippen molar-refractivity contribution in [2.45, 2.75) is 31.4 Å². The van der Waals surface area contributed by atoms with Crippen molar-refractivity contribution in [2.75, 3.05) is 30.5 Å². The second-order valence-electron chi connectivity index (χ2n) is 9.33. The Morgan fingerprint density at radius 3 is 2.67 bits per heavy atom. The molecule has 1 aromatic carbocycles. The summed E-state index contributed by atoms with van der Waals surface area (Å²) < 4.78 is 36.5. The van der Waals surface area contributed by atoms with Gasteiger partial charge in [-0.3, -0.25) is 9.59 Å². The molecule has 1 saturated carbocycles. The third-order valence-electron chi connectivity index (χ3n) is 6.34. The molecule has 2 amide bonds. The van der Waals surface area contributed by atoms with Gasteiger partial charge in [0.25, 0.3) is 5.91 Å². The number of hydrogen-bond donors (Lipinski definition) is 4. The van der Waals surface area contributed by atoms with E-state index in [9.17, 15) is 23.1 Å². The number of carbonyl (C=O) groups is 2. The molecular formula is C23H26N8O7S. The zero-order valence-corrected chi connectivity index (χ0v) is 21.8. The quantitative estimate of drug-likeness (QED) is 0.287. The van der Waals surface area contributed by atoms with E-state index in [4.69, 9.17) is 15.0 Å². The SMILES string of the molecule is COc1c(Nc2cc(NC(=O)C3CC3)nnc2C(N)=O)cccc1-c1noc([C@H]2C[C@@H](O)CN2S(C)(=O)=O)n1. The fourth-order valence-corrected chi connectivity index (χ4v) is 5.42. The van der Waals surface area contributed by atoms with Gasteiger partial charge < -0.3 is 30.7 Å². The number of hydrogen-bond acceptors (Lipinski definition) is 12. The minimum atomic E-state index is -3.63. The van der Waals surface area contributed by atoms with Crippen LogP contribution in [0.15, 0.2) is 28.8 Å². The van der Waals surface area contributed by atoms with Gasteiger partial charge in [0.1, 0.15) is 6.04 Å². The summed E-state index contributed by atoms with van der Waals surface area (Å²) in [6.45, 7) is -0.0742. The smallest absolute Gasteiger partial charge is 0.271 e. The van der Waals surface area contributed by atoms with Crippen molar-refractivity contribution in [1.29, 1.82) is 0 Å². The maximum absolute atomic E-state index is 12.2. The minimum Gasteiger partial charge on any atom is -0.494 e. The van der Waals surface area contributed by atoms with Gasteiger partial charge >= 0.3 is 0 Å². The number of para-hydroxylation sites is 1. The molecule has 2 fully saturated rings. The van der Waals surface area contributed by atoms with Crippen LogP contribution in [0.1, 0.15) is 41.7 Å². The lowest BCUT2D eigenvalue weighted by Crippen LogP contribution is -2.30. The number of methoxy groups -OCH3 is 1. The summed E-state index contributed by atoms with van der Waals surface area (Å²) in [6.07, 6.45) is 1.90. The topological polar surface area (TPSA) is 216 Å². The number of anilines is 3. The molecule has 0 radical (unpaired) electrons. The van der Waals surface area contributed by atoms with E-state index in [2.05, 4.69) is 31.0 Å². The van der Waals surface area contributed by atoms with Gasteiger partial charge in [-0.25, -0.2) is 8.42 Å². The van der Waals surface area contributed by atoms with Crippen LogP contribution in [0.3, 0.4) is 0 Å². The summed E-state index contributed by atoms with van der Waals surface area (Å²) in [5, 5.41) is 27.5. The minimum absolute atomic E-state index is 0.0257. The highest BCUT2D eigenvalue weighted by Gasteiger charge is 2.41. The van der Waals surface area contributed by atoms with Crippen LogP contribution in [0.2, 0.25) is 0 Å².